The molecule has 0 aliphatic carbocycles. The number of hydrogen-bond acceptors (Lipinski definition) is 6. The molecule has 2 aromatic rings. The monoisotopic (exact) mass is 388 g/mol. The van der Waals surface area contributed by atoms with Crippen LogP contribution in [0.15, 0.2) is 24.5 Å². The quantitative estimate of drug-likeness (QED) is 0.755. The van der Waals surface area contributed by atoms with Crippen LogP contribution in [0, 0.1) is 0 Å². The lowest BCUT2D eigenvalue weighted by Gasteiger charge is -2.36. The van der Waals surface area contributed by atoms with E-state index < -0.39 is 18.1 Å². The first-order chi connectivity index (χ1) is 13.5. The fourth-order valence-electron chi connectivity index (χ4n) is 3.37. The molecule has 1 aliphatic rings. The smallest absolute Gasteiger partial charge is 0.328 e. The maximum absolute atomic E-state index is 13.0. The summed E-state index contributed by atoms with van der Waals surface area (Å²) in [6.07, 6.45) is 2.24. The number of ether oxygens (including phenoxy) is 3. The summed E-state index contributed by atoms with van der Waals surface area (Å²) in [5.41, 5.74) is 2.44. The Labute approximate surface area is 163 Å². The number of hydrogen-bond donors (Lipinski definition) is 2. The highest BCUT2D eigenvalue weighted by Crippen LogP contribution is 2.39. The summed E-state index contributed by atoms with van der Waals surface area (Å²) in [6, 6.07) is 3.76. The molecular weight excluding hydrogens is 364 g/mol. The first kappa shape index (κ1) is 19.5. The first-order valence-electron chi connectivity index (χ1n) is 8.89. The molecule has 2 N–H and O–H groups in total. The molecule has 1 aliphatic heterocycles. The summed E-state index contributed by atoms with van der Waals surface area (Å²) in [7, 11) is 4.43. The van der Waals surface area contributed by atoms with E-state index in [9.17, 15) is 9.59 Å². The van der Waals surface area contributed by atoms with Crippen LogP contribution in [-0.4, -0.2) is 60.8 Å². The van der Waals surface area contributed by atoms with Gasteiger partial charge in [0.2, 0.25) is 0 Å². The van der Waals surface area contributed by atoms with E-state index in [1.54, 1.807) is 44.5 Å². The molecular formula is C19H24N4O5. The highest BCUT2D eigenvalue weighted by Gasteiger charge is 2.37. The van der Waals surface area contributed by atoms with Crippen molar-refractivity contribution in [3.8, 4) is 11.5 Å². The summed E-state index contributed by atoms with van der Waals surface area (Å²) in [4.78, 5) is 33.9. The number of methoxy groups -OCH3 is 3. The van der Waals surface area contributed by atoms with Crippen molar-refractivity contribution in [1.29, 1.82) is 0 Å². The van der Waals surface area contributed by atoms with E-state index in [-0.39, 0.29) is 6.03 Å². The molecule has 0 spiro atoms. The number of carbonyl (C=O) groups excluding carboxylic acids is 2. The van der Waals surface area contributed by atoms with E-state index in [2.05, 4.69) is 15.3 Å². The van der Waals surface area contributed by atoms with Gasteiger partial charge in [-0.05, 0) is 25.1 Å². The number of fused-ring (bicyclic) bond motifs is 1. The van der Waals surface area contributed by atoms with Crippen LogP contribution in [0.2, 0.25) is 0 Å². The Morgan fingerprint density at radius 3 is 2.75 bits per heavy atom. The van der Waals surface area contributed by atoms with Crippen molar-refractivity contribution in [1.82, 2.24) is 20.2 Å². The number of amides is 2. The molecule has 28 heavy (non-hydrogen) atoms. The number of nitrogens with zero attached hydrogens (tertiary/aromatic N) is 2. The molecule has 0 bridgehead atoms. The average Bonchev–Trinajstić information content (AvgIpc) is 3.20. The number of urea groups is 1. The molecule has 0 unspecified atom stereocenters. The van der Waals surface area contributed by atoms with Gasteiger partial charge in [-0.1, -0.05) is 0 Å². The van der Waals surface area contributed by atoms with Gasteiger partial charge < -0.3 is 29.4 Å². The Hall–Kier alpha value is -3.23. The summed E-state index contributed by atoms with van der Waals surface area (Å²) in [6.45, 7) is 2.02. The van der Waals surface area contributed by atoms with Crippen molar-refractivity contribution in [2.75, 3.05) is 27.9 Å². The lowest BCUT2D eigenvalue weighted by Crippen LogP contribution is -2.50. The molecule has 9 heteroatoms. The normalized spacial score (nSPS) is 16.7. The van der Waals surface area contributed by atoms with Crippen molar-refractivity contribution >= 4 is 12.0 Å². The molecule has 1 aromatic carbocycles. The van der Waals surface area contributed by atoms with Crippen molar-refractivity contribution in [3.05, 3.63) is 41.5 Å². The largest absolute Gasteiger partial charge is 0.497 e. The Bertz CT molecular complexity index is 866. The van der Waals surface area contributed by atoms with Crippen molar-refractivity contribution in [2.45, 2.75) is 25.4 Å². The minimum atomic E-state index is -0.772. The van der Waals surface area contributed by atoms with Crippen LogP contribution < -0.4 is 14.8 Å². The topological polar surface area (TPSA) is 106 Å². The van der Waals surface area contributed by atoms with Crippen molar-refractivity contribution in [3.63, 3.8) is 0 Å². The Kier molecular flexibility index (Phi) is 5.72. The minimum Gasteiger partial charge on any atom is -0.497 e. The van der Waals surface area contributed by atoms with Crippen molar-refractivity contribution in [2.24, 2.45) is 0 Å². The van der Waals surface area contributed by atoms with Crippen LogP contribution in [0.25, 0.3) is 0 Å². The number of H-pyrrole nitrogens is 1. The second-order valence-corrected chi connectivity index (χ2v) is 6.41. The van der Waals surface area contributed by atoms with E-state index >= 15 is 0 Å². The highest BCUT2D eigenvalue weighted by atomic mass is 16.5. The van der Waals surface area contributed by atoms with Gasteiger partial charge >= 0.3 is 12.0 Å². The fraction of sp³-hybridized carbons (Fsp3) is 0.421. The number of carbonyl (C=O) groups is 2. The Morgan fingerprint density at radius 2 is 2.07 bits per heavy atom. The minimum absolute atomic E-state index is 0.388. The third kappa shape index (κ3) is 3.60. The molecule has 2 heterocycles. The highest BCUT2D eigenvalue weighted by molar-refractivity contribution is 5.84. The maximum atomic E-state index is 13.0. The SMILES string of the molecule is COC(=O)[C@@H](C)NC(=O)N1CCc2[nH]cnc2[C@@H]1c1cc(OC)ccc1OC. The molecule has 2 atom stereocenters. The molecule has 9 nitrogen and oxygen atoms in total. The number of esters is 1. The Morgan fingerprint density at radius 1 is 1.29 bits per heavy atom. The van der Waals surface area contributed by atoms with Gasteiger partial charge in [-0.25, -0.2) is 14.6 Å². The fourth-order valence-corrected chi connectivity index (χ4v) is 3.37. The molecule has 3 rings (SSSR count). The van der Waals surface area contributed by atoms with E-state index in [0.717, 1.165) is 17.0 Å². The zero-order chi connectivity index (χ0) is 20.3. The lowest BCUT2D eigenvalue weighted by molar-refractivity contribution is -0.142. The summed E-state index contributed by atoms with van der Waals surface area (Å²) >= 11 is 0. The maximum Gasteiger partial charge on any atom is 0.328 e. The number of imidazole rings is 1. The second-order valence-electron chi connectivity index (χ2n) is 6.41. The van der Waals surface area contributed by atoms with E-state index in [1.807, 2.05) is 6.07 Å². The molecule has 150 valence electrons. The molecule has 0 radical (unpaired) electrons. The number of aromatic amines is 1. The van der Waals surface area contributed by atoms with Crippen LogP contribution in [0.4, 0.5) is 4.79 Å². The third-order valence-corrected chi connectivity index (χ3v) is 4.81. The zero-order valence-electron chi connectivity index (χ0n) is 16.3. The van der Waals surface area contributed by atoms with Gasteiger partial charge in [0.15, 0.2) is 0 Å². The lowest BCUT2D eigenvalue weighted by atomic mass is 9.95. The van der Waals surface area contributed by atoms with Crippen LogP contribution in [0.3, 0.4) is 0 Å². The van der Waals surface area contributed by atoms with Crippen molar-refractivity contribution < 1.29 is 23.8 Å². The second kappa shape index (κ2) is 8.20. The average molecular weight is 388 g/mol. The van der Waals surface area contributed by atoms with Gasteiger partial charge in [0.1, 0.15) is 23.6 Å². The summed E-state index contributed by atoms with van der Waals surface area (Å²) in [5.74, 6) is 0.739. The molecule has 0 saturated heterocycles. The first-order valence-corrected chi connectivity index (χ1v) is 8.89. The number of benzene rings is 1. The third-order valence-electron chi connectivity index (χ3n) is 4.81. The summed E-state index contributed by atoms with van der Waals surface area (Å²) in [5, 5.41) is 2.69. The van der Waals surface area contributed by atoms with Gasteiger partial charge in [-0.3, -0.25) is 0 Å². The van der Waals surface area contributed by atoms with Gasteiger partial charge in [0.25, 0.3) is 0 Å². The number of nitrogens with one attached hydrogen (secondary N) is 2. The summed E-state index contributed by atoms with van der Waals surface area (Å²) < 4.78 is 15.6. The van der Waals surface area contributed by atoms with E-state index in [1.165, 1.54) is 7.11 Å². The zero-order valence-corrected chi connectivity index (χ0v) is 16.3. The molecule has 0 saturated carbocycles. The van der Waals surface area contributed by atoms with Crippen LogP contribution >= 0.6 is 0 Å². The van der Waals surface area contributed by atoms with Crippen LogP contribution in [0.5, 0.6) is 11.5 Å². The number of aromatic nitrogens is 2. The number of rotatable bonds is 5. The van der Waals surface area contributed by atoms with E-state index in [4.69, 9.17) is 14.2 Å². The van der Waals surface area contributed by atoms with Gasteiger partial charge in [-0.2, -0.15) is 0 Å². The Balaban J connectivity index is 2.02. The molecule has 0 fully saturated rings. The van der Waals surface area contributed by atoms with Crippen LogP contribution in [0.1, 0.15) is 29.9 Å². The standard InChI is InChI=1S/C19H24N4O5/c1-11(18(24)28-4)22-19(25)23-8-7-14-16(21-10-20-14)17(23)13-9-12(26-2)5-6-15(13)27-3/h5-6,9-11,17H,7-8H2,1-4H3,(H,20,21)(H,22,25)/t11-,17+/m1/s1. The molecule has 1 aromatic heterocycles. The van der Waals surface area contributed by atoms with Gasteiger partial charge in [0, 0.05) is 24.2 Å². The predicted molar refractivity (Wildman–Crippen MR) is 100 cm³/mol. The molecule has 2 amide bonds. The van der Waals surface area contributed by atoms with Gasteiger partial charge in [0.05, 0.1) is 33.4 Å². The van der Waals surface area contributed by atoms with E-state index in [0.29, 0.717) is 24.5 Å². The predicted octanol–water partition coefficient (Wildman–Crippen LogP) is 1.65. The van der Waals surface area contributed by atoms with Crippen LogP contribution in [-0.2, 0) is 16.0 Å². The van der Waals surface area contributed by atoms with Gasteiger partial charge in [-0.15, -0.1) is 0 Å².